The van der Waals surface area contributed by atoms with Crippen molar-refractivity contribution in [2.75, 3.05) is 33.2 Å². The van der Waals surface area contributed by atoms with Gasteiger partial charge < -0.3 is 10.6 Å². The number of nitrogens with zero attached hydrogens (tertiary/aromatic N) is 2. The maximum atomic E-state index is 14.1. The highest BCUT2D eigenvalue weighted by molar-refractivity contribution is 5.22. The van der Waals surface area contributed by atoms with E-state index in [1.54, 1.807) is 6.07 Å². The van der Waals surface area contributed by atoms with Gasteiger partial charge in [0.15, 0.2) is 0 Å². The van der Waals surface area contributed by atoms with Gasteiger partial charge in [0, 0.05) is 31.2 Å². The van der Waals surface area contributed by atoms with Crippen LogP contribution in [0.4, 0.5) is 4.39 Å². The molecule has 1 fully saturated rings. The van der Waals surface area contributed by atoms with Gasteiger partial charge in [-0.25, -0.2) is 4.39 Å². The summed E-state index contributed by atoms with van der Waals surface area (Å²) in [6, 6.07) is 7.45. The second-order valence-corrected chi connectivity index (χ2v) is 5.69. The molecule has 0 aromatic heterocycles. The van der Waals surface area contributed by atoms with Gasteiger partial charge in [-0.05, 0) is 32.5 Å². The van der Waals surface area contributed by atoms with Crippen molar-refractivity contribution in [1.82, 2.24) is 9.80 Å². The van der Waals surface area contributed by atoms with E-state index in [4.69, 9.17) is 5.73 Å². The molecule has 2 N–H and O–H groups in total. The molecular weight excluding hydrogens is 253 g/mol. The van der Waals surface area contributed by atoms with E-state index in [0.717, 1.165) is 38.0 Å². The third kappa shape index (κ3) is 3.37. The van der Waals surface area contributed by atoms with Gasteiger partial charge in [0.25, 0.3) is 0 Å². The zero-order chi connectivity index (χ0) is 14.5. The average molecular weight is 279 g/mol. The third-order valence-corrected chi connectivity index (χ3v) is 4.31. The molecule has 1 aromatic rings. The van der Waals surface area contributed by atoms with Crippen molar-refractivity contribution < 1.29 is 4.39 Å². The van der Waals surface area contributed by atoms with E-state index in [0.29, 0.717) is 12.6 Å². The van der Waals surface area contributed by atoms with Gasteiger partial charge in [-0.1, -0.05) is 25.1 Å². The van der Waals surface area contributed by atoms with E-state index in [9.17, 15) is 4.39 Å². The normalized spacial score (nSPS) is 23.5. The summed E-state index contributed by atoms with van der Waals surface area (Å²) in [5, 5.41) is 0. The number of likely N-dealkylation sites (N-methyl/N-ethyl adjacent to an activating group) is 1. The zero-order valence-corrected chi connectivity index (χ0v) is 12.6. The van der Waals surface area contributed by atoms with Crippen LogP contribution in [0.3, 0.4) is 0 Å². The highest BCUT2D eigenvalue weighted by Crippen LogP contribution is 2.27. The van der Waals surface area contributed by atoms with Crippen molar-refractivity contribution in [3.8, 4) is 0 Å². The van der Waals surface area contributed by atoms with Crippen molar-refractivity contribution in [3.05, 3.63) is 35.6 Å². The van der Waals surface area contributed by atoms with Gasteiger partial charge in [0.1, 0.15) is 5.82 Å². The molecule has 2 atom stereocenters. The lowest BCUT2D eigenvalue weighted by molar-refractivity contribution is 0.129. The standard InChI is InChI=1S/C16H26FN3/c1-3-13-12-19(2)9-6-10-20(13)16(11-18)14-7-4-5-8-15(14)17/h4-5,7-8,13,16H,3,6,9-12,18H2,1-2H3. The molecule has 20 heavy (non-hydrogen) atoms. The fraction of sp³-hybridized carbons (Fsp3) is 0.625. The number of benzene rings is 1. The quantitative estimate of drug-likeness (QED) is 0.917. The van der Waals surface area contributed by atoms with Crippen LogP contribution in [0.25, 0.3) is 0 Å². The predicted molar refractivity (Wildman–Crippen MR) is 81.1 cm³/mol. The van der Waals surface area contributed by atoms with Crippen LogP contribution >= 0.6 is 0 Å². The Morgan fingerprint density at radius 3 is 2.75 bits per heavy atom. The Morgan fingerprint density at radius 2 is 2.10 bits per heavy atom. The van der Waals surface area contributed by atoms with Crippen LogP contribution in [0.2, 0.25) is 0 Å². The lowest BCUT2D eigenvalue weighted by atomic mass is 10.0. The molecule has 112 valence electrons. The molecule has 1 aliphatic heterocycles. The lowest BCUT2D eigenvalue weighted by Gasteiger charge is -2.37. The summed E-state index contributed by atoms with van der Waals surface area (Å²) < 4.78 is 14.1. The molecule has 0 saturated carbocycles. The fourth-order valence-electron chi connectivity index (χ4n) is 3.22. The Bertz CT molecular complexity index is 424. The van der Waals surface area contributed by atoms with Gasteiger partial charge in [-0.3, -0.25) is 4.90 Å². The van der Waals surface area contributed by atoms with Crippen LogP contribution in [-0.4, -0.2) is 49.1 Å². The Labute approximate surface area is 121 Å². The van der Waals surface area contributed by atoms with Crippen LogP contribution < -0.4 is 5.73 Å². The molecule has 2 rings (SSSR count). The van der Waals surface area contributed by atoms with E-state index in [1.165, 1.54) is 6.07 Å². The first-order chi connectivity index (χ1) is 9.67. The summed E-state index contributed by atoms with van der Waals surface area (Å²) in [5.41, 5.74) is 6.72. The maximum Gasteiger partial charge on any atom is 0.128 e. The van der Waals surface area contributed by atoms with Gasteiger partial charge in [0.05, 0.1) is 6.04 Å². The highest BCUT2D eigenvalue weighted by atomic mass is 19.1. The number of hydrogen-bond donors (Lipinski definition) is 1. The maximum absolute atomic E-state index is 14.1. The summed E-state index contributed by atoms with van der Waals surface area (Å²) in [6.45, 7) is 5.77. The van der Waals surface area contributed by atoms with E-state index in [1.807, 2.05) is 12.1 Å². The molecule has 1 heterocycles. The Hall–Kier alpha value is -0.970. The predicted octanol–water partition coefficient (Wildman–Crippen LogP) is 2.24. The van der Waals surface area contributed by atoms with E-state index >= 15 is 0 Å². The van der Waals surface area contributed by atoms with Crippen LogP contribution in [-0.2, 0) is 0 Å². The molecule has 2 unspecified atom stereocenters. The van der Waals surface area contributed by atoms with Gasteiger partial charge in [0.2, 0.25) is 0 Å². The summed E-state index contributed by atoms with van der Waals surface area (Å²) in [5.74, 6) is -0.143. The molecule has 1 aromatic carbocycles. The highest BCUT2D eigenvalue weighted by Gasteiger charge is 2.29. The molecule has 1 aliphatic rings. The summed E-state index contributed by atoms with van der Waals surface area (Å²) in [6.07, 6.45) is 2.17. The first kappa shape index (κ1) is 15.4. The van der Waals surface area contributed by atoms with Gasteiger partial charge in [-0.15, -0.1) is 0 Å². The van der Waals surface area contributed by atoms with Gasteiger partial charge >= 0.3 is 0 Å². The topological polar surface area (TPSA) is 32.5 Å². The molecule has 0 amide bonds. The minimum absolute atomic E-state index is 0.0207. The second kappa shape index (κ2) is 7.16. The summed E-state index contributed by atoms with van der Waals surface area (Å²) in [7, 11) is 2.16. The SMILES string of the molecule is CCC1CN(C)CCCN1C(CN)c1ccccc1F. The second-order valence-electron chi connectivity index (χ2n) is 5.69. The van der Waals surface area contributed by atoms with Gasteiger partial charge in [-0.2, -0.15) is 0 Å². The number of hydrogen-bond acceptors (Lipinski definition) is 3. The Balaban J connectivity index is 2.27. The Kier molecular flexibility index (Phi) is 5.52. The Morgan fingerprint density at radius 1 is 1.35 bits per heavy atom. The largest absolute Gasteiger partial charge is 0.329 e. The number of halogens is 1. The third-order valence-electron chi connectivity index (χ3n) is 4.31. The van der Waals surface area contributed by atoms with Crippen molar-refractivity contribution >= 4 is 0 Å². The fourth-order valence-corrected chi connectivity index (χ4v) is 3.22. The monoisotopic (exact) mass is 279 g/mol. The van der Waals surface area contributed by atoms with E-state index in [-0.39, 0.29) is 11.9 Å². The summed E-state index contributed by atoms with van der Waals surface area (Å²) in [4.78, 5) is 4.77. The minimum Gasteiger partial charge on any atom is -0.329 e. The van der Waals surface area contributed by atoms with Crippen molar-refractivity contribution in [1.29, 1.82) is 0 Å². The van der Waals surface area contributed by atoms with Crippen molar-refractivity contribution in [3.63, 3.8) is 0 Å². The van der Waals surface area contributed by atoms with Crippen LogP contribution in [0, 0.1) is 5.82 Å². The zero-order valence-electron chi connectivity index (χ0n) is 12.6. The molecular formula is C16H26FN3. The van der Waals surface area contributed by atoms with E-state index < -0.39 is 0 Å². The molecule has 3 nitrogen and oxygen atoms in total. The van der Waals surface area contributed by atoms with Crippen LogP contribution in [0.1, 0.15) is 31.4 Å². The molecule has 4 heteroatoms. The molecule has 0 radical (unpaired) electrons. The molecule has 0 spiro atoms. The van der Waals surface area contributed by atoms with Crippen LogP contribution in [0.5, 0.6) is 0 Å². The van der Waals surface area contributed by atoms with Crippen molar-refractivity contribution in [2.45, 2.75) is 31.8 Å². The van der Waals surface area contributed by atoms with Crippen LogP contribution in [0.15, 0.2) is 24.3 Å². The minimum atomic E-state index is -0.143. The average Bonchev–Trinajstić information content (AvgIpc) is 2.63. The smallest absolute Gasteiger partial charge is 0.128 e. The molecule has 0 aliphatic carbocycles. The lowest BCUT2D eigenvalue weighted by Crippen LogP contribution is -2.44. The first-order valence-corrected chi connectivity index (χ1v) is 7.56. The number of nitrogens with two attached hydrogens (primary N) is 1. The number of rotatable bonds is 4. The molecule has 1 saturated heterocycles. The van der Waals surface area contributed by atoms with Crippen molar-refractivity contribution in [2.24, 2.45) is 5.73 Å². The molecule has 0 bridgehead atoms. The van der Waals surface area contributed by atoms with E-state index in [2.05, 4.69) is 23.8 Å². The first-order valence-electron chi connectivity index (χ1n) is 7.56. The summed E-state index contributed by atoms with van der Waals surface area (Å²) >= 11 is 0.